The summed E-state index contributed by atoms with van der Waals surface area (Å²) >= 11 is 0. The monoisotopic (exact) mass is 255 g/mol. The molecular formula is C15H33N3. The fourth-order valence-corrected chi connectivity index (χ4v) is 2.96. The highest BCUT2D eigenvalue weighted by Gasteiger charge is 2.18. The second-order valence-corrected chi connectivity index (χ2v) is 6.09. The lowest BCUT2D eigenvalue weighted by Gasteiger charge is -2.34. The minimum atomic E-state index is 0.647. The maximum absolute atomic E-state index is 3.74. The van der Waals surface area contributed by atoms with Crippen LogP contribution in [0.2, 0.25) is 0 Å². The van der Waals surface area contributed by atoms with E-state index in [1.807, 2.05) is 0 Å². The molecular weight excluding hydrogens is 222 g/mol. The van der Waals surface area contributed by atoms with E-state index in [2.05, 4.69) is 49.7 Å². The van der Waals surface area contributed by atoms with Gasteiger partial charge in [0.1, 0.15) is 0 Å². The highest BCUT2D eigenvalue weighted by atomic mass is 15.2. The van der Waals surface area contributed by atoms with Gasteiger partial charge in [0.15, 0.2) is 0 Å². The Morgan fingerprint density at radius 2 is 1.67 bits per heavy atom. The van der Waals surface area contributed by atoms with Crippen molar-refractivity contribution in [2.75, 3.05) is 32.7 Å². The molecule has 0 amide bonds. The fourth-order valence-electron chi connectivity index (χ4n) is 2.96. The first-order valence-corrected chi connectivity index (χ1v) is 7.76. The second kappa shape index (κ2) is 8.13. The lowest BCUT2D eigenvalue weighted by molar-refractivity contribution is 0.164. The van der Waals surface area contributed by atoms with Crippen molar-refractivity contribution in [1.82, 2.24) is 15.1 Å². The van der Waals surface area contributed by atoms with Gasteiger partial charge in [0, 0.05) is 31.2 Å². The van der Waals surface area contributed by atoms with Crippen LogP contribution in [-0.2, 0) is 0 Å². The Bertz CT molecular complexity index is 200. The first-order chi connectivity index (χ1) is 8.54. The minimum absolute atomic E-state index is 0.647. The Kier molecular flexibility index (Phi) is 7.20. The molecule has 0 saturated carbocycles. The molecule has 1 aliphatic rings. The van der Waals surface area contributed by atoms with Crippen LogP contribution in [0.1, 0.15) is 47.5 Å². The molecule has 1 aliphatic heterocycles. The van der Waals surface area contributed by atoms with Crippen molar-refractivity contribution in [2.45, 2.75) is 65.6 Å². The molecule has 1 saturated heterocycles. The standard InChI is InChI=1S/C15H33N3/c1-6-17-10-7-15(8-11-17)16-9-12-18(13(2)3)14(4)5/h13-16H,6-12H2,1-5H3. The molecule has 0 atom stereocenters. The zero-order chi connectivity index (χ0) is 13.5. The van der Waals surface area contributed by atoms with Crippen molar-refractivity contribution >= 4 is 0 Å². The first-order valence-electron chi connectivity index (χ1n) is 7.76. The summed E-state index contributed by atoms with van der Waals surface area (Å²) < 4.78 is 0. The van der Waals surface area contributed by atoms with Gasteiger partial charge in [0.2, 0.25) is 0 Å². The molecule has 0 unspecified atom stereocenters. The third-order valence-corrected chi connectivity index (χ3v) is 4.16. The molecule has 0 radical (unpaired) electrons. The number of hydrogen-bond donors (Lipinski definition) is 1. The highest BCUT2D eigenvalue weighted by molar-refractivity contribution is 4.77. The summed E-state index contributed by atoms with van der Waals surface area (Å²) in [7, 11) is 0. The van der Waals surface area contributed by atoms with Crippen molar-refractivity contribution in [3.8, 4) is 0 Å². The molecule has 18 heavy (non-hydrogen) atoms. The van der Waals surface area contributed by atoms with Crippen LogP contribution in [0.5, 0.6) is 0 Å². The number of piperidine rings is 1. The summed E-state index contributed by atoms with van der Waals surface area (Å²) in [6.45, 7) is 17.5. The smallest absolute Gasteiger partial charge is 0.0112 e. The average molecular weight is 255 g/mol. The summed E-state index contributed by atoms with van der Waals surface area (Å²) in [6, 6.07) is 2.04. The molecule has 1 rings (SSSR count). The van der Waals surface area contributed by atoms with Gasteiger partial charge in [-0.25, -0.2) is 0 Å². The van der Waals surface area contributed by atoms with Crippen LogP contribution in [0, 0.1) is 0 Å². The van der Waals surface area contributed by atoms with Crippen molar-refractivity contribution in [3.63, 3.8) is 0 Å². The lowest BCUT2D eigenvalue weighted by Crippen LogP contribution is -2.46. The van der Waals surface area contributed by atoms with Crippen LogP contribution in [0.3, 0.4) is 0 Å². The first kappa shape index (κ1) is 15.9. The molecule has 3 heteroatoms. The van der Waals surface area contributed by atoms with Crippen LogP contribution in [-0.4, -0.2) is 60.6 Å². The van der Waals surface area contributed by atoms with E-state index in [1.165, 1.54) is 39.0 Å². The maximum atomic E-state index is 3.74. The Balaban J connectivity index is 2.17. The van der Waals surface area contributed by atoms with E-state index in [4.69, 9.17) is 0 Å². The Morgan fingerprint density at radius 3 is 2.11 bits per heavy atom. The van der Waals surface area contributed by atoms with Crippen LogP contribution in [0.4, 0.5) is 0 Å². The van der Waals surface area contributed by atoms with E-state index in [9.17, 15) is 0 Å². The zero-order valence-electron chi connectivity index (χ0n) is 13.1. The van der Waals surface area contributed by atoms with Crippen LogP contribution in [0.15, 0.2) is 0 Å². The van der Waals surface area contributed by atoms with Gasteiger partial charge in [0.05, 0.1) is 0 Å². The van der Waals surface area contributed by atoms with Crippen LogP contribution in [0.25, 0.3) is 0 Å². The predicted octanol–water partition coefficient (Wildman–Crippen LogP) is 2.18. The van der Waals surface area contributed by atoms with E-state index in [1.54, 1.807) is 0 Å². The van der Waals surface area contributed by atoms with Gasteiger partial charge in [-0.05, 0) is 60.2 Å². The number of hydrogen-bond acceptors (Lipinski definition) is 3. The quantitative estimate of drug-likeness (QED) is 0.752. The largest absolute Gasteiger partial charge is 0.313 e. The zero-order valence-corrected chi connectivity index (χ0v) is 13.1. The summed E-state index contributed by atoms with van der Waals surface area (Å²) in [4.78, 5) is 5.11. The van der Waals surface area contributed by atoms with Crippen molar-refractivity contribution in [3.05, 3.63) is 0 Å². The number of likely N-dealkylation sites (tertiary alicyclic amines) is 1. The molecule has 0 spiro atoms. The van der Waals surface area contributed by atoms with Crippen molar-refractivity contribution in [2.24, 2.45) is 0 Å². The predicted molar refractivity (Wildman–Crippen MR) is 80.1 cm³/mol. The van der Waals surface area contributed by atoms with Gasteiger partial charge >= 0.3 is 0 Å². The molecule has 0 bridgehead atoms. The summed E-state index contributed by atoms with van der Waals surface area (Å²) in [6.07, 6.45) is 2.63. The molecule has 1 heterocycles. The lowest BCUT2D eigenvalue weighted by atomic mass is 10.1. The van der Waals surface area contributed by atoms with Crippen LogP contribution < -0.4 is 5.32 Å². The topological polar surface area (TPSA) is 18.5 Å². The summed E-state index contributed by atoms with van der Waals surface area (Å²) in [5.74, 6) is 0. The van der Waals surface area contributed by atoms with E-state index in [0.29, 0.717) is 12.1 Å². The van der Waals surface area contributed by atoms with Gasteiger partial charge in [-0.3, -0.25) is 4.90 Å². The number of nitrogens with zero attached hydrogens (tertiary/aromatic N) is 2. The summed E-state index contributed by atoms with van der Waals surface area (Å²) in [5.41, 5.74) is 0. The molecule has 1 N–H and O–H groups in total. The Hall–Kier alpha value is -0.120. The Labute approximate surface area is 114 Å². The molecule has 108 valence electrons. The van der Waals surface area contributed by atoms with Gasteiger partial charge in [-0.15, -0.1) is 0 Å². The van der Waals surface area contributed by atoms with Crippen molar-refractivity contribution < 1.29 is 0 Å². The SMILES string of the molecule is CCN1CCC(NCCN(C(C)C)C(C)C)CC1. The molecule has 0 aromatic carbocycles. The third kappa shape index (κ3) is 5.25. The molecule has 1 fully saturated rings. The van der Waals surface area contributed by atoms with E-state index < -0.39 is 0 Å². The highest BCUT2D eigenvalue weighted by Crippen LogP contribution is 2.10. The second-order valence-electron chi connectivity index (χ2n) is 6.09. The molecule has 0 aromatic rings. The maximum Gasteiger partial charge on any atom is 0.0112 e. The van der Waals surface area contributed by atoms with Gasteiger partial charge in [0.25, 0.3) is 0 Å². The summed E-state index contributed by atoms with van der Waals surface area (Å²) in [5, 5.41) is 3.74. The van der Waals surface area contributed by atoms with Gasteiger partial charge in [-0.1, -0.05) is 6.92 Å². The van der Waals surface area contributed by atoms with E-state index in [-0.39, 0.29) is 0 Å². The van der Waals surface area contributed by atoms with E-state index >= 15 is 0 Å². The number of nitrogens with one attached hydrogen (secondary N) is 1. The Morgan fingerprint density at radius 1 is 1.11 bits per heavy atom. The fraction of sp³-hybridized carbons (Fsp3) is 1.00. The van der Waals surface area contributed by atoms with Gasteiger partial charge in [-0.2, -0.15) is 0 Å². The van der Waals surface area contributed by atoms with E-state index in [0.717, 1.165) is 12.6 Å². The van der Waals surface area contributed by atoms with Crippen LogP contribution >= 0.6 is 0 Å². The minimum Gasteiger partial charge on any atom is -0.313 e. The third-order valence-electron chi connectivity index (χ3n) is 4.16. The molecule has 0 aliphatic carbocycles. The average Bonchev–Trinajstić information content (AvgIpc) is 2.34. The molecule has 0 aromatic heterocycles. The van der Waals surface area contributed by atoms with Gasteiger partial charge < -0.3 is 10.2 Å². The normalized spacial score (nSPS) is 19.3. The molecule has 3 nitrogen and oxygen atoms in total. The number of rotatable bonds is 7. The van der Waals surface area contributed by atoms with Crippen molar-refractivity contribution in [1.29, 1.82) is 0 Å².